The third kappa shape index (κ3) is 2.38. The number of aryl methyl sites for hydroxylation is 1. The fourth-order valence-electron chi connectivity index (χ4n) is 1.67. The van der Waals surface area contributed by atoms with Crippen LogP contribution in [0.2, 0.25) is 0 Å². The summed E-state index contributed by atoms with van der Waals surface area (Å²) < 4.78 is 1.52. The Morgan fingerprint density at radius 2 is 2.11 bits per heavy atom. The molecular weight excluding hydrogens is 246 g/mol. The van der Waals surface area contributed by atoms with E-state index in [1.54, 1.807) is 26.2 Å². The van der Waals surface area contributed by atoms with Crippen LogP contribution in [0.1, 0.15) is 21.9 Å². The highest BCUT2D eigenvalue weighted by atomic mass is 16.1. The largest absolute Gasteiger partial charge is 0.354 e. The minimum Gasteiger partial charge on any atom is -0.354 e. The van der Waals surface area contributed by atoms with Crippen LogP contribution in [0.5, 0.6) is 0 Å². The van der Waals surface area contributed by atoms with Crippen molar-refractivity contribution in [2.75, 3.05) is 12.5 Å². The number of nitrogens with one attached hydrogen (secondary N) is 2. The molecule has 100 valence electrons. The van der Waals surface area contributed by atoms with Gasteiger partial charge >= 0.3 is 0 Å². The van der Waals surface area contributed by atoms with E-state index in [0.29, 0.717) is 23.2 Å². The van der Waals surface area contributed by atoms with Gasteiger partial charge in [-0.15, -0.1) is 0 Å². The fraction of sp³-hybridized carbons (Fsp3) is 0.273. The lowest BCUT2D eigenvalue weighted by Crippen LogP contribution is -2.19. The van der Waals surface area contributed by atoms with Crippen molar-refractivity contribution in [3.05, 3.63) is 29.3 Å². The summed E-state index contributed by atoms with van der Waals surface area (Å²) in [6.45, 7) is 3.58. The summed E-state index contributed by atoms with van der Waals surface area (Å²) in [6.07, 6.45) is 1.67. The minimum atomic E-state index is -0.251. The molecule has 0 aliphatic carbocycles. The van der Waals surface area contributed by atoms with Crippen LogP contribution in [0.4, 0.5) is 5.82 Å². The molecule has 0 atom stereocenters. The molecule has 2 rings (SSSR count). The lowest BCUT2D eigenvalue weighted by atomic mass is 10.3. The number of nitrogens with two attached hydrogens (primary N) is 1. The van der Waals surface area contributed by atoms with Crippen molar-refractivity contribution < 1.29 is 4.79 Å². The zero-order valence-corrected chi connectivity index (χ0v) is 10.9. The second-order valence-electron chi connectivity index (χ2n) is 3.94. The van der Waals surface area contributed by atoms with E-state index in [4.69, 9.17) is 5.84 Å². The minimum absolute atomic E-state index is 0.251. The summed E-state index contributed by atoms with van der Waals surface area (Å²) in [5.41, 5.74) is 3.58. The Bertz CT molecular complexity index is 620. The number of carbonyl (C=O) groups is 1. The number of hydrogen-bond donors (Lipinski definition) is 3. The first-order valence-corrected chi connectivity index (χ1v) is 5.66. The van der Waals surface area contributed by atoms with Gasteiger partial charge in [0.1, 0.15) is 11.6 Å². The van der Waals surface area contributed by atoms with Gasteiger partial charge in [0.15, 0.2) is 11.5 Å². The smallest absolute Gasteiger partial charge is 0.271 e. The van der Waals surface area contributed by atoms with Crippen molar-refractivity contribution in [3.63, 3.8) is 0 Å². The van der Waals surface area contributed by atoms with Crippen LogP contribution in [0.3, 0.4) is 0 Å². The summed E-state index contributed by atoms with van der Waals surface area (Å²) in [6, 6.07) is 1.62. The molecule has 0 aromatic carbocycles. The molecular formula is C11H15N7O. The highest BCUT2D eigenvalue weighted by molar-refractivity contribution is 5.91. The van der Waals surface area contributed by atoms with E-state index in [1.807, 2.05) is 6.92 Å². The molecule has 2 aromatic heterocycles. The van der Waals surface area contributed by atoms with Gasteiger partial charge in [0.2, 0.25) is 0 Å². The topological polar surface area (TPSA) is 111 Å². The number of carbonyl (C=O) groups excluding carboxylic acids is 1. The molecule has 19 heavy (non-hydrogen) atoms. The average molecular weight is 261 g/mol. The van der Waals surface area contributed by atoms with Gasteiger partial charge in [-0.05, 0) is 19.9 Å². The molecule has 0 saturated heterocycles. The Kier molecular flexibility index (Phi) is 3.43. The summed E-state index contributed by atoms with van der Waals surface area (Å²) in [5, 5.41) is 6.69. The van der Waals surface area contributed by atoms with Crippen LogP contribution in [-0.2, 0) is 0 Å². The number of rotatable bonds is 3. The standard InChI is InChI=1S/C11H15N7O/c1-6-9(16-12)14-7(2)15-10(6)18-5-4-8(17-18)11(19)13-3/h4-5H,12H2,1-3H3,(H,13,19)(H,14,15,16). The molecule has 2 heterocycles. The van der Waals surface area contributed by atoms with Crippen molar-refractivity contribution in [3.8, 4) is 5.82 Å². The van der Waals surface area contributed by atoms with Crippen molar-refractivity contribution in [2.24, 2.45) is 5.84 Å². The number of hydrogen-bond acceptors (Lipinski definition) is 6. The Labute approximate surface area is 110 Å². The van der Waals surface area contributed by atoms with Crippen molar-refractivity contribution in [2.45, 2.75) is 13.8 Å². The molecule has 0 fully saturated rings. The number of hydrazine groups is 1. The highest BCUT2D eigenvalue weighted by Crippen LogP contribution is 2.17. The highest BCUT2D eigenvalue weighted by Gasteiger charge is 2.13. The molecule has 0 radical (unpaired) electrons. The number of nitrogens with zero attached hydrogens (tertiary/aromatic N) is 4. The van der Waals surface area contributed by atoms with Crippen LogP contribution in [0, 0.1) is 13.8 Å². The predicted molar refractivity (Wildman–Crippen MR) is 69.8 cm³/mol. The predicted octanol–water partition coefficient (Wildman–Crippen LogP) is -0.0757. The Morgan fingerprint density at radius 1 is 1.37 bits per heavy atom. The molecule has 8 nitrogen and oxygen atoms in total. The third-order valence-electron chi connectivity index (χ3n) is 2.63. The monoisotopic (exact) mass is 261 g/mol. The van der Waals surface area contributed by atoms with Crippen LogP contribution < -0.4 is 16.6 Å². The van der Waals surface area contributed by atoms with E-state index < -0.39 is 0 Å². The molecule has 4 N–H and O–H groups in total. The van der Waals surface area contributed by atoms with Gasteiger partial charge in [0.05, 0.1) is 0 Å². The van der Waals surface area contributed by atoms with Gasteiger partial charge in [-0.2, -0.15) is 5.10 Å². The number of amides is 1. The lowest BCUT2D eigenvalue weighted by Gasteiger charge is -2.10. The first kappa shape index (κ1) is 13.0. The van der Waals surface area contributed by atoms with E-state index in [2.05, 4.69) is 25.8 Å². The van der Waals surface area contributed by atoms with E-state index in [9.17, 15) is 4.79 Å². The quantitative estimate of drug-likeness (QED) is 0.526. The molecule has 0 unspecified atom stereocenters. The zero-order valence-electron chi connectivity index (χ0n) is 10.9. The summed E-state index contributed by atoms with van der Waals surface area (Å²) in [4.78, 5) is 20.0. The summed E-state index contributed by atoms with van der Waals surface area (Å²) >= 11 is 0. The third-order valence-corrected chi connectivity index (χ3v) is 2.63. The number of aromatic nitrogens is 4. The molecule has 0 aliphatic heterocycles. The fourth-order valence-corrected chi connectivity index (χ4v) is 1.67. The summed E-state index contributed by atoms with van der Waals surface area (Å²) in [7, 11) is 1.55. The lowest BCUT2D eigenvalue weighted by molar-refractivity contribution is 0.0957. The second kappa shape index (κ2) is 5.02. The summed E-state index contributed by atoms with van der Waals surface area (Å²) in [5.74, 6) is 6.82. The van der Waals surface area contributed by atoms with Gasteiger partial charge < -0.3 is 10.7 Å². The number of anilines is 1. The van der Waals surface area contributed by atoms with E-state index in [0.717, 1.165) is 5.56 Å². The van der Waals surface area contributed by atoms with Gasteiger partial charge in [0.25, 0.3) is 5.91 Å². The number of nitrogen functional groups attached to an aromatic ring is 1. The maximum atomic E-state index is 11.5. The zero-order chi connectivity index (χ0) is 14.0. The van der Waals surface area contributed by atoms with E-state index in [1.165, 1.54) is 4.68 Å². The first-order valence-electron chi connectivity index (χ1n) is 5.66. The van der Waals surface area contributed by atoms with Gasteiger partial charge in [-0.1, -0.05) is 0 Å². The van der Waals surface area contributed by atoms with Gasteiger partial charge in [-0.25, -0.2) is 20.5 Å². The SMILES string of the molecule is CNC(=O)c1ccn(-c2nc(C)nc(NN)c2C)n1. The first-order chi connectivity index (χ1) is 9.06. The molecule has 8 heteroatoms. The Hall–Kier alpha value is -2.48. The molecule has 1 amide bonds. The van der Waals surface area contributed by atoms with Gasteiger partial charge in [0, 0.05) is 18.8 Å². The molecule has 2 aromatic rings. The van der Waals surface area contributed by atoms with E-state index >= 15 is 0 Å². The van der Waals surface area contributed by atoms with Crippen molar-refractivity contribution >= 4 is 11.7 Å². The average Bonchev–Trinajstić information content (AvgIpc) is 2.89. The molecule has 0 bridgehead atoms. The maximum Gasteiger partial charge on any atom is 0.271 e. The van der Waals surface area contributed by atoms with Gasteiger partial charge in [-0.3, -0.25) is 4.79 Å². The molecule has 0 saturated carbocycles. The van der Waals surface area contributed by atoms with E-state index in [-0.39, 0.29) is 5.91 Å². The van der Waals surface area contributed by atoms with Crippen molar-refractivity contribution in [1.29, 1.82) is 0 Å². The van der Waals surface area contributed by atoms with Crippen LogP contribution >= 0.6 is 0 Å². The maximum absolute atomic E-state index is 11.5. The molecule has 0 aliphatic rings. The Morgan fingerprint density at radius 3 is 2.74 bits per heavy atom. The molecule has 0 spiro atoms. The second-order valence-corrected chi connectivity index (χ2v) is 3.94. The normalized spacial score (nSPS) is 10.3. The van der Waals surface area contributed by atoms with Crippen LogP contribution in [-0.4, -0.2) is 32.7 Å². The van der Waals surface area contributed by atoms with Crippen LogP contribution in [0.25, 0.3) is 5.82 Å². The Balaban J connectivity index is 2.50. The van der Waals surface area contributed by atoms with Crippen LogP contribution in [0.15, 0.2) is 12.3 Å². The van der Waals surface area contributed by atoms with Crippen molar-refractivity contribution in [1.82, 2.24) is 25.1 Å².